The monoisotopic (exact) mass is 522 g/mol. The molecule has 36 heavy (non-hydrogen) atoms. The maximum atomic E-state index is 13.4. The molecule has 2 amide bonds. The molecule has 9 heteroatoms. The van der Waals surface area contributed by atoms with E-state index in [1.165, 1.54) is 75.5 Å². The summed E-state index contributed by atoms with van der Waals surface area (Å²) in [6.45, 7) is 3.08. The number of unbranched alkanes of at least 4 members (excludes halogenated alkanes) is 11. The zero-order valence-electron chi connectivity index (χ0n) is 22.0. The quantitative estimate of drug-likeness (QED) is 0.217. The van der Waals surface area contributed by atoms with Gasteiger partial charge in [0.25, 0.3) is 0 Å². The van der Waals surface area contributed by atoms with Gasteiger partial charge in [-0.15, -0.1) is 11.3 Å². The first-order valence-corrected chi connectivity index (χ1v) is 14.9. The second-order valence-electron chi connectivity index (χ2n) is 9.88. The van der Waals surface area contributed by atoms with Gasteiger partial charge in [-0.05, 0) is 25.8 Å². The number of aliphatic carboxylic acids is 1. The predicted octanol–water partition coefficient (Wildman–Crippen LogP) is 4.54. The Morgan fingerprint density at radius 3 is 2.28 bits per heavy atom. The molecule has 2 heterocycles. The van der Waals surface area contributed by atoms with E-state index < -0.39 is 30.5 Å². The topological polar surface area (TPSA) is 112 Å². The standard InChI is InChI=1S/C27H46N4O4S/c1-2-3-4-5-6-7-8-9-10-11-12-13-16-28-23(18-22-20-36-21-30-22)27(35)31-17-14-15-24(31)26(34)29-19-25(32)33/h20-21,23-24,28H,2-19H2,1H3,(H,29,34)(H,32,33)/t23-,24-/m0/s1. The number of hydrogen-bond acceptors (Lipinski definition) is 6. The number of rotatable bonds is 20. The van der Waals surface area contributed by atoms with Gasteiger partial charge < -0.3 is 20.6 Å². The van der Waals surface area contributed by atoms with Gasteiger partial charge in [0, 0.05) is 18.3 Å². The Balaban J connectivity index is 1.72. The van der Waals surface area contributed by atoms with Crippen LogP contribution in [-0.4, -0.2) is 64.5 Å². The van der Waals surface area contributed by atoms with Crippen molar-refractivity contribution in [3.63, 3.8) is 0 Å². The molecule has 0 unspecified atom stereocenters. The minimum absolute atomic E-state index is 0.102. The van der Waals surface area contributed by atoms with Crippen LogP contribution in [0, 0.1) is 0 Å². The van der Waals surface area contributed by atoms with Crippen LogP contribution in [-0.2, 0) is 20.8 Å². The normalized spacial score (nSPS) is 16.2. The van der Waals surface area contributed by atoms with Crippen molar-refractivity contribution in [2.24, 2.45) is 0 Å². The van der Waals surface area contributed by atoms with Gasteiger partial charge in [0.05, 0.1) is 17.2 Å². The summed E-state index contributed by atoms with van der Waals surface area (Å²) in [5.74, 6) is -1.59. The van der Waals surface area contributed by atoms with Crippen LogP contribution in [0.25, 0.3) is 0 Å². The number of carboxylic acid groups (broad SMARTS) is 1. The van der Waals surface area contributed by atoms with Crippen molar-refractivity contribution in [3.8, 4) is 0 Å². The van der Waals surface area contributed by atoms with Gasteiger partial charge in [0.1, 0.15) is 12.6 Å². The van der Waals surface area contributed by atoms with Crippen molar-refractivity contribution in [1.82, 2.24) is 20.5 Å². The second kappa shape index (κ2) is 18.3. The lowest BCUT2D eigenvalue weighted by molar-refractivity contribution is -0.141. The molecule has 0 saturated carbocycles. The highest BCUT2D eigenvalue weighted by molar-refractivity contribution is 7.07. The Bertz CT molecular complexity index is 759. The fraction of sp³-hybridized carbons (Fsp3) is 0.778. The molecule has 1 aliphatic rings. The molecule has 2 atom stereocenters. The number of amides is 2. The van der Waals surface area contributed by atoms with Crippen LogP contribution in [0.5, 0.6) is 0 Å². The van der Waals surface area contributed by atoms with Gasteiger partial charge in [0.2, 0.25) is 11.8 Å². The number of likely N-dealkylation sites (tertiary alicyclic amines) is 1. The summed E-state index contributed by atoms with van der Waals surface area (Å²) >= 11 is 1.50. The number of aromatic nitrogens is 1. The number of carbonyl (C=O) groups is 3. The smallest absolute Gasteiger partial charge is 0.322 e. The summed E-state index contributed by atoms with van der Waals surface area (Å²) in [4.78, 5) is 42.7. The summed E-state index contributed by atoms with van der Waals surface area (Å²) in [5, 5.41) is 16.7. The van der Waals surface area contributed by atoms with Gasteiger partial charge >= 0.3 is 5.97 Å². The highest BCUT2D eigenvalue weighted by Gasteiger charge is 2.37. The van der Waals surface area contributed by atoms with Crippen molar-refractivity contribution in [1.29, 1.82) is 0 Å². The van der Waals surface area contributed by atoms with Gasteiger partial charge in [-0.25, -0.2) is 4.98 Å². The minimum atomic E-state index is -1.09. The van der Waals surface area contributed by atoms with Gasteiger partial charge in [-0.3, -0.25) is 14.4 Å². The van der Waals surface area contributed by atoms with Crippen LogP contribution in [0.1, 0.15) is 103 Å². The Hall–Kier alpha value is -2.00. The maximum Gasteiger partial charge on any atom is 0.322 e. The Labute approximate surface area is 220 Å². The molecule has 8 nitrogen and oxygen atoms in total. The van der Waals surface area contributed by atoms with E-state index in [0.29, 0.717) is 19.4 Å². The van der Waals surface area contributed by atoms with E-state index in [9.17, 15) is 14.4 Å². The fourth-order valence-electron chi connectivity index (χ4n) is 4.82. The van der Waals surface area contributed by atoms with Crippen molar-refractivity contribution in [3.05, 3.63) is 16.6 Å². The molecule has 0 spiro atoms. The fourth-order valence-corrected chi connectivity index (χ4v) is 5.39. The number of nitrogens with zero attached hydrogens (tertiary/aromatic N) is 2. The van der Waals surface area contributed by atoms with Crippen molar-refractivity contribution < 1.29 is 19.5 Å². The molecule has 3 N–H and O–H groups in total. The summed E-state index contributed by atoms with van der Waals surface area (Å²) in [7, 11) is 0. The number of nitrogens with one attached hydrogen (secondary N) is 2. The third kappa shape index (κ3) is 11.8. The SMILES string of the molecule is CCCCCCCCCCCCCCN[C@@H](Cc1cscn1)C(=O)N1CCC[C@H]1C(=O)NCC(=O)O. The number of carboxylic acids is 1. The second-order valence-corrected chi connectivity index (χ2v) is 10.6. The Morgan fingerprint density at radius 2 is 1.69 bits per heavy atom. The first-order valence-electron chi connectivity index (χ1n) is 13.9. The van der Waals surface area contributed by atoms with E-state index in [-0.39, 0.29) is 5.91 Å². The lowest BCUT2D eigenvalue weighted by Crippen LogP contribution is -2.53. The molecule has 1 fully saturated rings. The highest BCUT2D eigenvalue weighted by Crippen LogP contribution is 2.20. The Kier molecular flexibility index (Phi) is 15.3. The van der Waals surface area contributed by atoms with E-state index in [4.69, 9.17) is 5.11 Å². The van der Waals surface area contributed by atoms with Crippen LogP contribution >= 0.6 is 11.3 Å². The zero-order valence-corrected chi connectivity index (χ0v) is 22.8. The summed E-state index contributed by atoms with van der Waals surface area (Å²) in [6.07, 6.45) is 17.2. The minimum Gasteiger partial charge on any atom is -0.480 e. The molecular formula is C27H46N4O4S. The van der Waals surface area contributed by atoms with Crippen LogP contribution in [0.4, 0.5) is 0 Å². The molecule has 0 aliphatic carbocycles. The molecular weight excluding hydrogens is 476 g/mol. The Morgan fingerprint density at radius 1 is 1.06 bits per heavy atom. The lowest BCUT2D eigenvalue weighted by atomic mass is 10.0. The molecule has 0 aromatic carbocycles. The molecule has 1 saturated heterocycles. The molecule has 0 radical (unpaired) electrons. The van der Waals surface area contributed by atoms with Gasteiger partial charge in [0.15, 0.2) is 0 Å². The third-order valence-electron chi connectivity index (χ3n) is 6.87. The largest absolute Gasteiger partial charge is 0.480 e. The van der Waals surface area contributed by atoms with Crippen LogP contribution in [0.3, 0.4) is 0 Å². The molecule has 2 rings (SSSR count). The predicted molar refractivity (Wildman–Crippen MR) is 144 cm³/mol. The average Bonchev–Trinajstić information content (AvgIpc) is 3.56. The van der Waals surface area contributed by atoms with Crippen LogP contribution < -0.4 is 10.6 Å². The van der Waals surface area contributed by atoms with Gasteiger partial charge in [-0.1, -0.05) is 77.6 Å². The third-order valence-corrected chi connectivity index (χ3v) is 7.50. The summed E-state index contributed by atoms with van der Waals surface area (Å²) < 4.78 is 0. The average molecular weight is 523 g/mol. The van der Waals surface area contributed by atoms with Crippen molar-refractivity contribution in [2.45, 2.75) is 115 Å². The maximum absolute atomic E-state index is 13.4. The molecule has 1 aliphatic heterocycles. The van der Waals surface area contributed by atoms with E-state index in [1.807, 2.05) is 5.38 Å². The van der Waals surface area contributed by atoms with E-state index in [0.717, 1.165) is 31.5 Å². The number of carbonyl (C=O) groups excluding carboxylic acids is 2. The van der Waals surface area contributed by atoms with Crippen LogP contribution in [0.15, 0.2) is 10.9 Å². The van der Waals surface area contributed by atoms with Crippen molar-refractivity contribution in [2.75, 3.05) is 19.6 Å². The highest BCUT2D eigenvalue weighted by atomic mass is 32.1. The molecule has 204 valence electrons. The molecule has 1 aromatic rings. The zero-order chi connectivity index (χ0) is 26.0. The summed E-state index contributed by atoms with van der Waals surface area (Å²) in [5.41, 5.74) is 2.63. The number of hydrogen-bond donors (Lipinski definition) is 3. The van der Waals surface area contributed by atoms with Gasteiger partial charge in [-0.2, -0.15) is 0 Å². The van der Waals surface area contributed by atoms with Crippen molar-refractivity contribution >= 4 is 29.1 Å². The first kappa shape index (κ1) is 30.2. The van der Waals surface area contributed by atoms with E-state index in [2.05, 4.69) is 22.5 Å². The molecule has 0 bridgehead atoms. The number of thiazole rings is 1. The van der Waals surface area contributed by atoms with E-state index >= 15 is 0 Å². The van der Waals surface area contributed by atoms with Crippen LogP contribution in [0.2, 0.25) is 0 Å². The molecule has 1 aromatic heterocycles. The first-order chi connectivity index (χ1) is 17.5. The van der Waals surface area contributed by atoms with E-state index in [1.54, 1.807) is 10.4 Å². The lowest BCUT2D eigenvalue weighted by Gasteiger charge is -2.28. The summed E-state index contributed by atoms with van der Waals surface area (Å²) in [6, 6.07) is -1.05.